The van der Waals surface area contributed by atoms with Crippen molar-refractivity contribution >= 4 is 18.7 Å². The van der Waals surface area contributed by atoms with Gasteiger partial charge >= 0.3 is 7.12 Å². The lowest BCUT2D eigenvalue weighted by atomic mass is 9.77. The molecule has 0 saturated carbocycles. The largest absolute Gasteiger partial charge is 0.494 e. The van der Waals surface area contributed by atoms with Crippen molar-refractivity contribution in [1.82, 2.24) is 0 Å². The highest BCUT2D eigenvalue weighted by Crippen LogP contribution is 2.18. The Balaban J connectivity index is 3.17. The second-order valence-electron chi connectivity index (χ2n) is 3.68. The number of benzene rings is 1. The summed E-state index contributed by atoms with van der Waals surface area (Å²) in [6, 6.07) is 3.58. The predicted octanol–water partition coefficient (Wildman–Crippen LogP) is 1.11. The van der Waals surface area contributed by atoms with Crippen LogP contribution in [0.3, 0.4) is 0 Å². The molecule has 0 aromatic heterocycles. The van der Waals surface area contributed by atoms with Crippen LogP contribution in [0.4, 0.5) is 0 Å². The highest BCUT2D eigenvalue weighted by atomic mass is 16.5. The Morgan fingerprint density at radius 1 is 1.44 bits per heavy atom. The van der Waals surface area contributed by atoms with Gasteiger partial charge in [-0.3, -0.25) is 0 Å². The van der Waals surface area contributed by atoms with Crippen LogP contribution < -0.4 is 10.2 Å². The molecular weight excluding hydrogens is 203 g/mol. The highest BCUT2D eigenvalue weighted by Gasteiger charge is 2.19. The summed E-state index contributed by atoms with van der Waals surface area (Å²) in [6.45, 7) is 8.11. The molecule has 0 spiro atoms. The topological polar surface area (TPSA) is 49.7 Å². The fourth-order valence-corrected chi connectivity index (χ4v) is 1.54. The van der Waals surface area contributed by atoms with Gasteiger partial charge in [0.25, 0.3) is 0 Å². The Bertz CT molecular complexity index is 375. The molecule has 0 radical (unpaired) electrons. The van der Waals surface area contributed by atoms with E-state index in [1.54, 1.807) is 12.1 Å². The first-order chi connectivity index (χ1) is 7.60. The SMILES string of the molecule is C=Cc1cc(C)c(OCCC)c(B(O)O)c1. The lowest BCUT2D eigenvalue weighted by Crippen LogP contribution is -2.32. The van der Waals surface area contributed by atoms with Gasteiger partial charge in [-0.05, 0) is 30.5 Å². The van der Waals surface area contributed by atoms with Gasteiger partial charge in [-0.2, -0.15) is 0 Å². The molecule has 0 saturated heterocycles. The zero-order chi connectivity index (χ0) is 12.1. The van der Waals surface area contributed by atoms with Gasteiger partial charge < -0.3 is 14.8 Å². The van der Waals surface area contributed by atoms with E-state index in [1.807, 2.05) is 19.9 Å². The molecule has 0 fully saturated rings. The van der Waals surface area contributed by atoms with E-state index in [9.17, 15) is 10.0 Å². The van der Waals surface area contributed by atoms with E-state index in [0.29, 0.717) is 17.8 Å². The molecule has 0 amide bonds. The lowest BCUT2D eigenvalue weighted by molar-refractivity contribution is 0.315. The first-order valence-electron chi connectivity index (χ1n) is 5.36. The molecule has 0 aliphatic heterocycles. The minimum absolute atomic E-state index is 0.392. The Morgan fingerprint density at radius 2 is 2.12 bits per heavy atom. The monoisotopic (exact) mass is 220 g/mol. The number of hydrogen-bond donors (Lipinski definition) is 2. The van der Waals surface area contributed by atoms with E-state index in [1.165, 1.54) is 0 Å². The maximum absolute atomic E-state index is 9.29. The average Bonchev–Trinajstić information content (AvgIpc) is 2.26. The minimum Gasteiger partial charge on any atom is -0.494 e. The Labute approximate surface area is 96.5 Å². The van der Waals surface area contributed by atoms with E-state index in [2.05, 4.69) is 6.58 Å². The second kappa shape index (κ2) is 5.73. The molecule has 0 atom stereocenters. The maximum atomic E-state index is 9.29. The smallest absolute Gasteiger partial charge is 0.492 e. The van der Waals surface area contributed by atoms with Gasteiger partial charge in [0.1, 0.15) is 5.75 Å². The van der Waals surface area contributed by atoms with Crippen molar-refractivity contribution in [1.29, 1.82) is 0 Å². The van der Waals surface area contributed by atoms with Gasteiger partial charge in [0.05, 0.1) is 6.61 Å². The van der Waals surface area contributed by atoms with Crippen LogP contribution in [-0.2, 0) is 0 Å². The number of rotatable bonds is 5. The molecule has 1 aromatic carbocycles. The van der Waals surface area contributed by atoms with Crippen LogP contribution >= 0.6 is 0 Å². The summed E-state index contributed by atoms with van der Waals surface area (Å²) < 4.78 is 5.52. The number of hydrogen-bond acceptors (Lipinski definition) is 3. The molecule has 4 heteroatoms. The number of ether oxygens (including phenoxy) is 1. The zero-order valence-corrected chi connectivity index (χ0v) is 9.73. The van der Waals surface area contributed by atoms with Crippen molar-refractivity contribution in [2.45, 2.75) is 20.3 Å². The molecule has 0 unspecified atom stereocenters. The molecule has 0 aliphatic rings. The van der Waals surface area contributed by atoms with Gasteiger partial charge in [-0.25, -0.2) is 0 Å². The van der Waals surface area contributed by atoms with Crippen LogP contribution in [0, 0.1) is 6.92 Å². The van der Waals surface area contributed by atoms with Crippen molar-refractivity contribution in [3.05, 3.63) is 29.8 Å². The Hall–Kier alpha value is -1.26. The summed E-state index contributed by atoms with van der Waals surface area (Å²) >= 11 is 0. The number of aryl methyl sites for hydroxylation is 1. The predicted molar refractivity (Wildman–Crippen MR) is 66.9 cm³/mol. The first-order valence-corrected chi connectivity index (χ1v) is 5.36. The van der Waals surface area contributed by atoms with Crippen LogP contribution in [0.1, 0.15) is 24.5 Å². The van der Waals surface area contributed by atoms with Gasteiger partial charge in [-0.15, -0.1) is 0 Å². The van der Waals surface area contributed by atoms with Crippen LogP contribution in [0.25, 0.3) is 6.08 Å². The molecular formula is C12H17BO3. The van der Waals surface area contributed by atoms with Crippen LogP contribution in [0.5, 0.6) is 5.75 Å². The third kappa shape index (κ3) is 2.87. The molecule has 0 bridgehead atoms. The third-order valence-corrected chi connectivity index (χ3v) is 2.29. The Kier molecular flexibility index (Phi) is 4.59. The van der Waals surface area contributed by atoms with Crippen molar-refractivity contribution in [3.8, 4) is 5.75 Å². The summed E-state index contributed by atoms with van der Waals surface area (Å²) in [5.74, 6) is 0.558. The Morgan fingerprint density at radius 3 is 2.62 bits per heavy atom. The third-order valence-electron chi connectivity index (χ3n) is 2.29. The summed E-state index contributed by atoms with van der Waals surface area (Å²) in [6.07, 6.45) is 2.55. The van der Waals surface area contributed by atoms with Crippen molar-refractivity contribution in [3.63, 3.8) is 0 Å². The molecule has 3 nitrogen and oxygen atoms in total. The highest BCUT2D eigenvalue weighted by molar-refractivity contribution is 6.59. The van der Waals surface area contributed by atoms with E-state index >= 15 is 0 Å². The van der Waals surface area contributed by atoms with E-state index in [4.69, 9.17) is 4.74 Å². The van der Waals surface area contributed by atoms with Crippen molar-refractivity contribution in [2.24, 2.45) is 0 Å². The molecule has 0 heterocycles. The molecule has 16 heavy (non-hydrogen) atoms. The first kappa shape index (κ1) is 12.8. The van der Waals surface area contributed by atoms with Gasteiger partial charge in [0.2, 0.25) is 0 Å². The van der Waals surface area contributed by atoms with Crippen LogP contribution in [0.15, 0.2) is 18.7 Å². The minimum atomic E-state index is -1.52. The van der Waals surface area contributed by atoms with Gasteiger partial charge in [-0.1, -0.05) is 25.6 Å². The molecule has 86 valence electrons. The second-order valence-corrected chi connectivity index (χ2v) is 3.68. The summed E-state index contributed by atoms with van der Waals surface area (Å²) in [5.41, 5.74) is 2.13. The molecule has 1 rings (SSSR count). The fourth-order valence-electron chi connectivity index (χ4n) is 1.54. The van der Waals surface area contributed by atoms with Crippen LogP contribution in [0.2, 0.25) is 0 Å². The molecule has 0 aliphatic carbocycles. The summed E-state index contributed by atoms with van der Waals surface area (Å²) in [5, 5.41) is 18.6. The van der Waals surface area contributed by atoms with Crippen molar-refractivity contribution in [2.75, 3.05) is 6.61 Å². The van der Waals surface area contributed by atoms with Crippen molar-refractivity contribution < 1.29 is 14.8 Å². The van der Waals surface area contributed by atoms with Crippen LogP contribution in [-0.4, -0.2) is 23.8 Å². The fraction of sp³-hybridized carbons (Fsp3) is 0.333. The lowest BCUT2D eigenvalue weighted by Gasteiger charge is -2.14. The quantitative estimate of drug-likeness (QED) is 0.730. The van der Waals surface area contributed by atoms with E-state index in [-0.39, 0.29) is 0 Å². The molecule has 2 N–H and O–H groups in total. The van der Waals surface area contributed by atoms with E-state index in [0.717, 1.165) is 17.5 Å². The summed E-state index contributed by atoms with van der Waals surface area (Å²) in [7, 11) is -1.52. The average molecular weight is 220 g/mol. The standard InChI is InChI=1S/C12H17BO3/c1-4-6-16-12-9(3)7-10(5-2)8-11(12)13(14)15/h5,7-8,14-15H,2,4,6H2,1,3H3. The normalized spacial score (nSPS) is 10.0. The van der Waals surface area contributed by atoms with Gasteiger partial charge in [0.15, 0.2) is 0 Å². The zero-order valence-electron chi connectivity index (χ0n) is 9.73. The maximum Gasteiger partial charge on any atom is 0.492 e. The molecule has 1 aromatic rings. The van der Waals surface area contributed by atoms with Gasteiger partial charge in [0, 0.05) is 5.46 Å². The van der Waals surface area contributed by atoms with E-state index < -0.39 is 7.12 Å². The summed E-state index contributed by atoms with van der Waals surface area (Å²) in [4.78, 5) is 0.